The Morgan fingerprint density at radius 2 is 1.95 bits per heavy atom. The van der Waals surface area contributed by atoms with E-state index in [0.717, 1.165) is 6.07 Å². The van der Waals surface area contributed by atoms with Gasteiger partial charge in [-0.1, -0.05) is 23.7 Å². The van der Waals surface area contributed by atoms with Gasteiger partial charge in [-0.15, -0.1) is 0 Å². The van der Waals surface area contributed by atoms with Crippen molar-refractivity contribution < 1.29 is 14.3 Å². The minimum Gasteiger partial charge on any atom is -0.506 e. The van der Waals surface area contributed by atoms with E-state index in [1.165, 1.54) is 6.07 Å². The minimum absolute atomic E-state index is 0.0780. The Morgan fingerprint density at radius 3 is 2.55 bits per heavy atom. The molecule has 0 aliphatic heterocycles. The molecule has 0 heterocycles. The number of carbonyl (C=O) groups is 1. The van der Waals surface area contributed by atoms with Crippen molar-refractivity contribution in [2.45, 2.75) is 6.92 Å². The zero-order chi connectivity index (χ0) is 14.7. The molecule has 0 fully saturated rings. The number of phenols is 1. The highest BCUT2D eigenvalue weighted by molar-refractivity contribution is 6.32. The van der Waals surface area contributed by atoms with E-state index >= 15 is 0 Å². The Bertz CT molecular complexity index is 641. The van der Waals surface area contributed by atoms with Gasteiger partial charge in [0.2, 0.25) is 0 Å². The van der Waals surface area contributed by atoms with Crippen LogP contribution in [-0.4, -0.2) is 17.6 Å². The second-order valence-corrected chi connectivity index (χ2v) is 4.63. The zero-order valence-corrected chi connectivity index (χ0v) is 11.5. The monoisotopic (exact) mass is 293 g/mol. The van der Waals surface area contributed by atoms with Crippen molar-refractivity contribution in [2.75, 3.05) is 6.54 Å². The maximum atomic E-state index is 13.8. The number of aromatic hydroxyl groups is 1. The molecule has 5 heteroatoms. The number of carbonyl (C=O) groups excluding carboxylic acids is 1. The summed E-state index contributed by atoms with van der Waals surface area (Å²) in [6.45, 7) is 2.38. The Kier molecular flexibility index (Phi) is 4.25. The smallest absolute Gasteiger partial charge is 0.251 e. The maximum Gasteiger partial charge on any atom is 0.251 e. The van der Waals surface area contributed by atoms with Crippen LogP contribution in [0.2, 0.25) is 5.02 Å². The van der Waals surface area contributed by atoms with Crippen LogP contribution < -0.4 is 5.32 Å². The van der Waals surface area contributed by atoms with E-state index < -0.39 is 5.82 Å². The maximum absolute atomic E-state index is 13.8. The molecular formula is C15H13ClFNO2. The minimum atomic E-state index is -0.572. The van der Waals surface area contributed by atoms with Crippen LogP contribution in [0.5, 0.6) is 5.75 Å². The van der Waals surface area contributed by atoms with E-state index in [1.54, 1.807) is 24.3 Å². The average Bonchev–Trinajstić information content (AvgIpc) is 2.43. The molecule has 0 atom stereocenters. The summed E-state index contributed by atoms with van der Waals surface area (Å²) in [6, 6.07) is 8.82. The number of amides is 1. The molecule has 2 aromatic rings. The second kappa shape index (κ2) is 5.92. The van der Waals surface area contributed by atoms with Gasteiger partial charge in [-0.25, -0.2) is 4.39 Å². The molecule has 2 aromatic carbocycles. The molecule has 0 aliphatic carbocycles. The fraction of sp³-hybridized carbons (Fsp3) is 0.133. The normalized spacial score (nSPS) is 10.3. The molecule has 0 radical (unpaired) electrons. The predicted molar refractivity (Wildman–Crippen MR) is 76.5 cm³/mol. The first-order valence-corrected chi connectivity index (χ1v) is 6.47. The molecule has 0 aliphatic rings. The third-order valence-electron chi connectivity index (χ3n) is 2.83. The van der Waals surface area contributed by atoms with Gasteiger partial charge in [0.05, 0.1) is 5.02 Å². The zero-order valence-electron chi connectivity index (χ0n) is 10.8. The first-order chi connectivity index (χ1) is 9.52. The SMILES string of the molecule is CCNC(=O)c1ccc(-c2cc(Cl)c(O)cc2F)cc1. The Hall–Kier alpha value is -2.07. The number of benzene rings is 2. The second-order valence-electron chi connectivity index (χ2n) is 4.22. The summed E-state index contributed by atoms with van der Waals surface area (Å²) < 4.78 is 13.8. The number of hydrogen-bond donors (Lipinski definition) is 2. The summed E-state index contributed by atoms with van der Waals surface area (Å²) in [7, 11) is 0. The first kappa shape index (κ1) is 14.3. The first-order valence-electron chi connectivity index (χ1n) is 6.09. The summed E-state index contributed by atoms with van der Waals surface area (Å²) in [6.07, 6.45) is 0. The van der Waals surface area contributed by atoms with Crippen LogP contribution in [0.1, 0.15) is 17.3 Å². The topological polar surface area (TPSA) is 49.3 Å². The van der Waals surface area contributed by atoms with Crippen molar-refractivity contribution in [3.8, 4) is 16.9 Å². The lowest BCUT2D eigenvalue weighted by Gasteiger charge is -2.07. The van der Waals surface area contributed by atoms with Crippen LogP contribution in [0.4, 0.5) is 4.39 Å². The van der Waals surface area contributed by atoms with E-state index in [9.17, 15) is 14.3 Å². The molecule has 20 heavy (non-hydrogen) atoms. The summed E-state index contributed by atoms with van der Waals surface area (Å²) in [5, 5.41) is 12.1. The molecule has 1 amide bonds. The number of halogens is 2. The fourth-order valence-corrected chi connectivity index (χ4v) is 1.99. The van der Waals surface area contributed by atoms with Crippen molar-refractivity contribution in [1.29, 1.82) is 0 Å². The highest BCUT2D eigenvalue weighted by Gasteiger charge is 2.11. The van der Waals surface area contributed by atoms with Crippen molar-refractivity contribution in [3.05, 3.63) is 52.8 Å². The van der Waals surface area contributed by atoms with Gasteiger partial charge in [-0.3, -0.25) is 4.79 Å². The Balaban J connectivity index is 2.35. The lowest BCUT2D eigenvalue weighted by Crippen LogP contribution is -2.22. The third kappa shape index (κ3) is 2.91. The molecule has 0 saturated heterocycles. The van der Waals surface area contributed by atoms with Gasteiger partial charge in [-0.05, 0) is 30.7 Å². The predicted octanol–water partition coefficient (Wildman–Crippen LogP) is 3.60. The Labute approximate surface area is 121 Å². The van der Waals surface area contributed by atoms with Crippen LogP contribution in [0.25, 0.3) is 11.1 Å². The third-order valence-corrected chi connectivity index (χ3v) is 3.13. The van der Waals surface area contributed by atoms with E-state index in [-0.39, 0.29) is 22.2 Å². The van der Waals surface area contributed by atoms with Gasteiger partial charge >= 0.3 is 0 Å². The highest BCUT2D eigenvalue weighted by Crippen LogP contribution is 2.32. The molecule has 2 N–H and O–H groups in total. The molecule has 0 saturated carbocycles. The fourth-order valence-electron chi connectivity index (χ4n) is 1.82. The highest BCUT2D eigenvalue weighted by atomic mass is 35.5. The summed E-state index contributed by atoms with van der Waals surface area (Å²) in [4.78, 5) is 11.6. The van der Waals surface area contributed by atoms with Crippen LogP contribution in [0.3, 0.4) is 0 Å². The van der Waals surface area contributed by atoms with Gasteiger partial charge in [0.25, 0.3) is 5.91 Å². The molecule has 3 nitrogen and oxygen atoms in total. The molecule has 0 spiro atoms. The Morgan fingerprint density at radius 1 is 1.30 bits per heavy atom. The van der Waals surface area contributed by atoms with Crippen molar-refractivity contribution >= 4 is 17.5 Å². The largest absolute Gasteiger partial charge is 0.506 e. The van der Waals surface area contributed by atoms with Crippen LogP contribution in [0, 0.1) is 5.82 Å². The average molecular weight is 294 g/mol. The summed E-state index contributed by atoms with van der Waals surface area (Å²) in [5.74, 6) is -1.05. The van der Waals surface area contributed by atoms with Gasteiger partial charge in [0.1, 0.15) is 11.6 Å². The number of hydrogen-bond acceptors (Lipinski definition) is 2. The van der Waals surface area contributed by atoms with Crippen molar-refractivity contribution in [2.24, 2.45) is 0 Å². The van der Waals surface area contributed by atoms with E-state index in [2.05, 4.69) is 5.32 Å². The van der Waals surface area contributed by atoms with E-state index in [4.69, 9.17) is 11.6 Å². The molecule has 0 aromatic heterocycles. The van der Waals surface area contributed by atoms with Gasteiger partial charge < -0.3 is 10.4 Å². The van der Waals surface area contributed by atoms with Crippen LogP contribution >= 0.6 is 11.6 Å². The number of rotatable bonds is 3. The lowest BCUT2D eigenvalue weighted by molar-refractivity contribution is 0.0956. The standard InChI is InChI=1S/C15H13ClFNO2/c1-2-18-15(20)10-5-3-9(4-6-10)11-7-12(16)14(19)8-13(11)17/h3-8,19H,2H2,1H3,(H,18,20). The number of nitrogens with one attached hydrogen (secondary N) is 1. The van der Waals surface area contributed by atoms with Gasteiger partial charge in [-0.2, -0.15) is 0 Å². The van der Waals surface area contributed by atoms with Crippen LogP contribution in [-0.2, 0) is 0 Å². The summed E-state index contributed by atoms with van der Waals surface area (Å²) >= 11 is 5.78. The van der Waals surface area contributed by atoms with E-state index in [1.807, 2.05) is 6.92 Å². The molecular weight excluding hydrogens is 281 g/mol. The quantitative estimate of drug-likeness (QED) is 0.908. The number of phenolic OH excluding ortho intramolecular Hbond substituents is 1. The van der Waals surface area contributed by atoms with Gasteiger partial charge in [0, 0.05) is 23.7 Å². The summed E-state index contributed by atoms with van der Waals surface area (Å²) in [5.41, 5.74) is 1.36. The molecule has 0 unspecified atom stereocenters. The van der Waals surface area contributed by atoms with Crippen LogP contribution in [0.15, 0.2) is 36.4 Å². The van der Waals surface area contributed by atoms with Crippen molar-refractivity contribution in [3.63, 3.8) is 0 Å². The molecule has 2 rings (SSSR count). The molecule has 0 bridgehead atoms. The van der Waals surface area contributed by atoms with Gasteiger partial charge in [0.15, 0.2) is 0 Å². The van der Waals surface area contributed by atoms with Crippen molar-refractivity contribution in [1.82, 2.24) is 5.32 Å². The van der Waals surface area contributed by atoms with E-state index in [0.29, 0.717) is 17.7 Å². The lowest BCUT2D eigenvalue weighted by atomic mass is 10.0. The molecule has 104 valence electrons.